The molecule has 0 spiro atoms. The Labute approximate surface area is 144 Å². The number of aromatic nitrogens is 1. The second-order valence-corrected chi connectivity index (χ2v) is 6.30. The summed E-state index contributed by atoms with van der Waals surface area (Å²) >= 11 is 6.03. The van der Waals surface area contributed by atoms with Gasteiger partial charge >= 0.3 is 0 Å². The highest BCUT2D eigenvalue weighted by Gasteiger charge is 2.26. The summed E-state index contributed by atoms with van der Waals surface area (Å²) in [5.74, 6) is 0.476. The van der Waals surface area contributed by atoms with E-state index in [1.807, 2.05) is 36.4 Å². The lowest BCUT2D eigenvalue weighted by Crippen LogP contribution is -2.32. The number of halogens is 1. The molecule has 1 N–H and O–H groups in total. The van der Waals surface area contributed by atoms with Crippen molar-refractivity contribution in [1.82, 2.24) is 4.98 Å². The fraction of sp³-hybridized carbons (Fsp3) is 0.158. The van der Waals surface area contributed by atoms with Gasteiger partial charge in [-0.05, 0) is 30.2 Å². The maximum Gasteiger partial charge on any atom is 0.231 e. The Balaban J connectivity index is 1.56. The third-order valence-electron chi connectivity index (χ3n) is 4.23. The largest absolute Gasteiger partial charge is 0.492 e. The smallest absolute Gasteiger partial charge is 0.231 e. The molecule has 0 saturated heterocycles. The Morgan fingerprint density at radius 3 is 3.00 bits per heavy atom. The first-order chi connectivity index (χ1) is 11.7. The van der Waals surface area contributed by atoms with Gasteiger partial charge in [0.2, 0.25) is 5.91 Å². The van der Waals surface area contributed by atoms with Crippen LogP contribution in [-0.4, -0.2) is 17.5 Å². The van der Waals surface area contributed by atoms with Gasteiger partial charge in [-0.2, -0.15) is 0 Å². The zero-order chi connectivity index (χ0) is 16.5. The minimum Gasteiger partial charge on any atom is -0.492 e. The third-order valence-corrected chi connectivity index (χ3v) is 4.46. The van der Waals surface area contributed by atoms with Gasteiger partial charge in [0.15, 0.2) is 0 Å². The van der Waals surface area contributed by atoms with Crippen LogP contribution in [0.15, 0.2) is 54.9 Å². The van der Waals surface area contributed by atoms with Crippen LogP contribution < -0.4 is 10.1 Å². The minimum atomic E-state index is -0.255. The third kappa shape index (κ3) is 2.81. The Hall–Kier alpha value is -2.59. The van der Waals surface area contributed by atoms with Gasteiger partial charge in [0.25, 0.3) is 0 Å². The van der Waals surface area contributed by atoms with Crippen LogP contribution in [0.2, 0.25) is 5.02 Å². The van der Waals surface area contributed by atoms with Crippen molar-refractivity contribution in [2.45, 2.75) is 6.42 Å². The number of nitrogens with zero attached hydrogens (tertiary/aromatic N) is 1. The first-order valence-corrected chi connectivity index (χ1v) is 8.13. The van der Waals surface area contributed by atoms with E-state index in [2.05, 4.69) is 10.3 Å². The molecule has 0 unspecified atom stereocenters. The number of fused-ring (bicyclic) bond motifs is 2. The number of nitrogens with one attached hydrogen (secondary N) is 1. The first-order valence-electron chi connectivity index (χ1n) is 7.75. The number of hydrogen-bond acceptors (Lipinski definition) is 3. The van der Waals surface area contributed by atoms with Crippen molar-refractivity contribution in [2.24, 2.45) is 5.92 Å². The Morgan fingerprint density at radius 2 is 2.08 bits per heavy atom. The fourth-order valence-corrected chi connectivity index (χ4v) is 3.18. The second kappa shape index (κ2) is 6.13. The fourth-order valence-electron chi connectivity index (χ4n) is 2.98. The van der Waals surface area contributed by atoms with Gasteiger partial charge in [0.1, 0.15) is 12.4 Å². The normalized spacial score (nSPS) is 16.3. The van der Waals surface area contributed by atoms with E-state index in [4.69, 9.17) is 16.3 Å². The number of anilines is 1. The van der Waals surface area contributed by atoms with E-state index in [-0.39, 0.29) is 11.8 Å². The molecule has 24 heavy (non-hydrogen) atoms. The van der Waals surface area contributed by atoms with Crippen molar-refractivity contribution in [1.29, 1.82) is 0 Å². The number of rotatable bonds is 2. The van der Waals surface area contributed by atoms with Crippen LogP contribution in [0.3, 0.4) is 0 Å². The maximum atomic E-state index is 12.7. The van der Waals surface area contributed by atoms with E-state index in [0.29, 0.717) is 18.1 Å². The lowest BCUT2D eigenvalue weighted by atomic mass is 9.96. The Morgan fingerprint density at radius 1 is 1.21 bits per heavy atom. The predicted molar refractivity (Wildman–Crippen MR) is 94.5 cm³/mol. The average molecular weight is 339 g/mol. The molecule has 4 rings (SSSR count). The summed E-state index contributed by atoms with van der Waals surface area (Å²) in [4.78, 5) is 16.8. The number of carbonyl (C=O) groups is 1. The highest BCUT2D eigenvalue weighted by molar-refractivity contribution is 6.30. The van der Waals surface area contributed by atoms with Gasteiger partial charge in [-0.1, -0.05) is 35.9 Å². The summed E-state index contributed by atoms with van der Waals surface area (Å²) in [5.41, 5.74) is 1.68. The Kier molecular flexibility index (Phi) is 3.82. The molecule has 0 saturated carbocycles. The van der Waals surface area contributed by atoms with E-state index in [9.17, 15) is 4.79 Å². The van der Waals surface area contributed by atoms with Crippen LogP contribution >= 0.6 is 11.6 Å². The molecule has 1 aromatic heterocycles. The molecule has 0 fully saturated rings. The molecule has 1 atom stereocenters. The molecule has 1 aliphatic heterocycles. The van der Waals surface area contributed by atoms with Gasteiger partial charge in [-0.15, -0.1) is 0 Å². The molecule has 1 amide bonds. The standard InChI is InChI=1S/C19H15ClN2O2/c20-15-5-6-18-13(8-15)7-14(11-24-18)19(23)22-17-10-21-9-12-3-1-2-4-16(12)17/h1-6,8-10,14H,7,11H2,(H,22,23)/t14-/m0/s1. The van der Waals surface area contributed by atoms with Crippen molar-refractivity contribution in [3.05, 3.63) is 65.4 Å². The van der Waals surface area contributed by atoms with Crippen LogP contribution in [-0.2, 0) is 11.2 Å². The molecular weight excluding hydrogens is 324 g/mol. The molecule has 5 heteroatoms. The molecule has 4 nitrogen and oxygen atoms in total. The van der Waals surface area contributed by atoms with Crippen LogP contribution in [0.5, 0.6) is 5.75 Å². The molecule has 2 heterocycles. The quantitative estimate of drug-likeness (QED) is 0.766. The zero-order valence-electron chi connectivity index (χ0n) is 12.8. The van der Waals surface area contributed by atoms with E-state index >= 15 is 0 Å². The van der Waals surface area contributed by atoms with Gasteiger partial charge in [0.05, 0.1) is 17.8 Å². The van der Waals surface area contributed by atoms with Gasteiger partial charge < -0.3 is 10.1 Å². The van der Waals surface area contributed by atoms with Crippen LogP contribution in [0, 0.1) is 5.92 Å². The summed E-state index contributed by atoms with van der Waals surface area (Å²) in [5, 5.41) is 5.60. The number of pyridine rings is 1. The van der Waals surface area contributed by atoms with E-state index in [1.165, 1.54) is 0 Å². The van der Waals surface area contributed by atoms with E-state index in [0.717, 1.165) is 27.8 Å². The highest BCUT2D eigenvalue weighted by atomic mass is 35.5. The number of carbonyl (C=O) groups excluding carboxylic acids is 1. The second-order valence-electron chi connectivity index (χ2n) is 5.86. The number of amides is 1. The molecular formula is C19H15ClN2O2. The summed E-state index contributed by atoms with van der Waals surface area (Å²) < 4.78 is 5.70. The summed E-state index contributed by atoms with van der Waals surface area (Å²) in [6, 6.07) is 13.3. The van der Waals surface area contributed by atoms with Gasteiger partial charge in [-0.3, -0.25) is 9.78 Å². The summed E-state index contributed by atoms with van der Waals surface area (Å²) in [6.07, 6.45) is 4.07. The van der Waals surface area contributed by atoms with Crippen molar-refractivity contribution in [3.8, 4) is 5.75 Å². The van der Waals surface area contributed by atoms with Crippen LogP contribution in [0.4, 0.5) is 5.69 Å². The van der Waals surface area contributed by atoms with Gasteiger partial charge in [0, 0.05) is 22.0 Å². The molecule has 3 aromatic rings. The summed E-state index contributed by atoms with van der Waals surface area (Å²) in [7, 11) is 0. The number of benzene rings is 2. The molecule has 0 radical (unpaired) electrons. The van der Waals surface area contributed by atoms with Crippen molar-refractivity contribution < 1.29 is 9.53 Å². The van der Waals surface area contributed by atoms with Crippen molar-refractivity contribution in [3.63, 3.8) is 0 Å². The SMILES string of the molecule is O=C(Nc1cncc2ccccc12)[C@@H]1COc2ccc(Cl)cc2C1. The first kappa shape index (κ1) is 15.0. The molecule has 2 aromatic carbocycles. The maximum absolute atomic E-state index is 12.7. The summed E-state index contributed by atoms with van der Waals surface area (Å²) in [6.45, 7) is 0.360. The van der Waals surface area contributed by atoms with Crippen LogP contribution in [0.1, 0.15) is 5.56 Å². The van der Waals surface area contributed by atoms with Crippen molar-refractivity contribution >= 4 is 34.0 Å². The topological polar surface area (TPSA) is 51.2 Å². The minimum absolute atomic E-state index is 0.0706. The molecule has 0 bridgehead atoms. The average Bonchev–Trinajstić information content (AvgIpc) is 2.61. The lowest BCUT2D eigenvalue weighted by molar-refractivity contribution is -0.121. The Bertz CT molecular complexity index is 921. The predicted octanol–water partition coefficient (Wildman–Crippen LogP) is 4.08. The number of ether oxygens (including phenoxy) is 1. The molecule has 1 aliphatic rings. The number of hydrogen-bond donors (Lipinski definition) is 1. The van der Waals surface area contributed by atoms with E-state index in [1.54, 1.807) is 18.5 Å². The highest BCUT2D eigenvalue weighted by Crippen LogP contribution is 2.30. The lowest BCUT2D eigenvalue weighted by Gasteiger charge is -2.25. The van der Waals surface area contributed by atoms with Crippen LogP contribution in [0.25, 0.3) is 10.8 Å². The zero-order valence-corrected chi connectivity index (χ0v) is 13.6. The van der Waals surface area contributed by atoms with E-state index < -0.39 is 0 Å². The molecule has 0 aliphatic carbocycles. The van der Waals surface area contributed by atoms with Gasteiger partial charge in [-0.25, -0.2) is 0 Å². The monoisotopic (exact) mass is 338 g/mol. The molecule has 120 valence electrons. The van der Waals surface area contributed by atoms with Crippen molar-refractivity contribution in [2.75, 3.05) is 11.9 Å².